The highest BCUT2D eigenvalue weighted by molar-refractivity contribution is 5.18. The maximum absolute atomic E-state index is 10.1. The lowest BCUT2D eigenvalue weighted by Crippen LogP contribution is -2.18. The van der Waals surface area contributed by atoms with E-state index in [-0.39, 0.29) is 6.10 Å². The molecule has 0 spiro atoms. The van der Waals surface area contributed by atoms with Gasteiger partial charge in [-0.25, -0.2) is 0 Å². The third-order valence-corrected chi connectivity index (χ3v) is 3.18. The number of aliphatic hydroxyl groups excluding tert-OH is 1. The third kappa shape index (κ3) is 3.03. The molecule has 3 heteroatoms. The number of hydrogen-bond donors (Lipinski definition) is 1. The number of aliphatic hydroxyl groups is 1. The van der Waals surface area contributed by atoms with E-state index < -0.39 is 0 Å². The summed E-state index contributed by atoms with van der Waals surface area (Å²) in [7, 11) is 0. The number of nitrogens with zero attached hydrogens (tertiary/aromatic N) is 1. The first kappa shape index (κ1) is 11.6. The molecule has 3 nitrogen and oxygen atoms in total. The Morgan fingerprint density at radius 3 is 2.88 bits per heavy atom. The molecule has 88 valence electrons. The highest BCUT2D eigenvalue weighted by atomic mass is 16.5. The summed E-state index contributed by atoms with van der Waals surface area (Å²) in [6.45, 7) is 3.67. The molecule has 1 aliphatic rings. The van der Waals surface area contributed by atoms with E-state index in [2.05, 4.69) is 4.98 Å². The summed E-state index contributed by atoms with van der Waals surface area (Å²) in [5.74, 6) is 0.587. The number of hydrogen-bond acceptors (Lipinski definition) is 3. The van der Waals surface area contributed by atoms with Gasteiger partial charge in [0.05, 0.1) is 6.10 Å². The van der Waals surface area contributed by atoms with Crippen LogP contribution in [0.1, 0.15) is 36.5 Å². The molecule has 2 rings (SSSR count). The summed E-state index contributed by atoms with van der Waals surface area (Å²) in [6, 6.07) is 2.01. The Balaban J connectivity index is 1.94. The lowest BCUT2D eigenvalue weighted by atomic mass is 9.91. The zero-order valence-electron chi connectivity index (χ0n) is 9.72. The van der Waals surface area contributed by atoms with Crippen LogP contribution in [-0.2, 0) is 4.74 Å². The molecular formula is C13H19NO2. The average molecular weight is 221 g/mol. The van der Waals surface area contributed by atoms with Crippen molar-refractivity contribution >= 4 is 0 Å². The van der Waals surface area contributed by atoms with Crippen molar-refractivity contribution in [2.45, 2.75) is 32.3 Å². The maximum atomic E-state index is 10.1. The number of aryl methyl sites for hydroxylation is 1. The van der Waals surface area contributed by atoms with Gasteiger partial charge in [0.2, 0.25) is 0 Å². The minimum absolute atomic E-state index is 0.379. The van der Waals surface area contributed by atoms with E-state index in [1.165, 1.54) is 0 Å². The normalized spacial score (nSPS) is 19.6. The molecule has 1 saturated heterocycles. The van der Waals surface area contributed by atoms with Gasteiger partial charge in [-0.2, -0.15) is 0 Å². The second-order valence-electron chi connectivity index (χ2n) is 4.60. The van der Waals surface area contributed by atoms with E-state index in [0.717, 1.165) is 43.6 Å². The molecule has 0 bridgehead atoms. The van der Waals surface area contributed by atoms with Crippen molar-refractivity contribution in [1.29, 1.82) is 0 Å². The second kappa shape index (κ2) is 5.41. The first-order valence-corrected chi connectivity index (χ1v) is 5.93. The van der Waals surface area contributed by atoms with Gasteiger partial charge in [-0.05, 0) is 43.2 Å². The highest BCUT2D eigenvalue weighted by Gasteiger charge is 2.19. The smallest absolute Gasteiger partial charge is 0.0807 e. The van der Waals surface area contributed by atoms with E-state index in [1.54, 1.807) is 6.20 Å². The molecular weight excluding hydrogens is 202 g/mol. The zero-order valence-corrected chi connectivity index (χ0v) is 9.72. The lowest BCUT2D eigenvalue weighted by Gasteiger charge is -2.24. The van der Waals surface area contributed by atoms with Gasteiger partial charge in [-0.1, -0.05) is 6.07 Å². The monoisotopic (exact) mass is 221 g/mol. The van der Waals surface area contributed by atoms with Crippen molar-refractivity contribution in [1.82, 2.24) is 4.98 Å². The Labute approximate surface area is 96.5 Å². The van der Waals surface area contributed by atoms with Crippen LogP contribution < -0.4 is 0 Å². The molecule has 1 unspecified atom stereocenters. The Morgan fingerprint density at radius 1 is 1.44 bits per heavy atom. The summed E-state index contributed by atoms with van der Waals surface area (Å²) in [5, 5.41) is 10.1. The summed E-state index contributed by atoms with van der Waals surface area (Å²) >= 11 is 0. The molecule has 16 heavy (non-hydrogen) atoms. The topological polar surface area (TPSA) is 42.4 Å². The van der Waals surface area contributed by atoms with Gasteiger partial charge >= 0.3 is 0 Å². The Bertz CT molecular complexity index is 334. The summed E-state index contributed by atoms with van der Waals surface area (Å²) in [6.07, 6.45) is 6.15. The molecule has 2 heterocycles. The van der Waals surface area contributed by atoms with Crippen LogP contribution in [0.15, 0.2) is 18.5 Å². The van der Waals surface area contributed by atoms with Gasteiger partial charge in [0, 0.05) is 25.6 Å². The average Bonchev–Trinajstić information content (AvgIpc) is 2.30. The van der Waals surface area contributed by atoms with Crippen LogP contribution in [0.3, 0.4) is 0 Å². The standard InChI is InChI=1S/C13H19NO2/c1-10-6-12(9-14-8-10)13(15)7-11-2-4-16-5-3-11/h6,8-9,11,13,15H,2-5,7H2,1H3. The van der Waals surface area contributed by atoms with Gasteiger partial charge in [0.15, 0.2) is 0 Å². The molecule has 0 radical (unpaired) electrons. The first-order chi connectivity index (χ1) is 7.75. The van der Waals surface area contributed by atoms with E-state index in [0.29, 0.717) is 5.92 Å². The first-order valence-electron chi connectivity index (χ1n) is 5.93. The number of aromatic nitrogens is 1. The molecule has 1 fully saturated rings. The second-order valence-corrected chi connectivity index (χ2v) is 4.60. The molecule has 1 aromatic heterocycles. The molecule has 0 aromatic carbocycles. The van der Waals surface area contributed by atoms with Crippen molar-refractivity contribution in [3.8, 4) is 0 Å². The number of ether oxygens (including phenoxy) is 1. The molecule has 0 aliphatic carbocycles. The van der Waals surface area contributed by atoms with Crippen LogP contribution in [0.2, 0.25) is 0 Å². The summed E-state index contributed by atoms with van der Waals surface area (Å²) in [5.41, 5.74) is 2.04. The highest BCUT2D eigenvalue weighted by Crippen LogP contribution is 2.27. The molecule has 0 saturated carbocycles. The van der Waals surface area contributed by atoms with Crippen LogP contribution in [0.4, 0.5) is 0 Å². The van der Waals surface area contributed by atoms with Crippen LogP contribution in [0.5, 0.6) is 0 Å². The van der Waals surface area contributed by atoms with E-state index in [9.17, 15) is 5.11 Å². The fourth-order valence-corrected chi connectivity index (χ4v) is 2.19. The van der Waals surface area contributed by atoms with Crippen LogP contribution in [-0.4, -0.2) is 23.3 Å². The van der Waals surface area contributed by atoms with Gasteiger partial charge in [-0.15, -0.1) is 0 Å². The molecule has 1 N–H and O–H groups in total. The predicted molar refractivity (Wildman–Crippen MR) is 62.1 cm³/mol. The van der Waals surface area contributed by atoms with Gasteiger partial charge in [0.25, 0.3) is 0 Å². The Kier molecular flexibility index (Phi) is 3.91. The SMILES string of the molecule is Cc1cncc(C(O)CC2CCOCC2)c1. The lowest BCUT2D eigenvalue weighted by molar-refractivity contribution is 0.0434. The van der Waals surface area contributed by atoms with Gasteiger partial charge in [-0.3, -0.25) is 4.98 Å². The summed E-state index contributed by atoms with van der Waals surface area (Å²) in [4.78, 5) is 4.11. The van der Waals surface area contributed by atoms with Gasteiger partial charge in [0.1, 0.15) is 0 Å². The fraction of sp³-hybridized carbons (Fsp3) is 0.615. The minimum atomic E-state index is -0.379. The Morgan fingerprint density at radius 2 is 2.19 bits per heavy atom. The Hall–Kier alpha value is -0.930. The molecule has 1 aromatic rings. The molecule has 1 atom stereocenters. The molecule has 0 amide bonds. The minimum Gasteiger partial charge on any atom is -0.388 e. The quantitative estimate of drug-likeness (QED) is 0.851. The predicted octanol–water partition coefficient (Wildman–Crippen LogP) is 2.24. The van der Waals surface area contributed by atoms with Crippen molar-refractivity contribution in [2.24, 2.45) is 5.92 Å². The van der Waals surface area contributed by atoms with Gasteiger partial charge < -0.3 is 9.84 Å². The van der Waals surface area contributed by atoms with Crippen LogP contribution in [0.25, 0.3) is 0 Å². The van der Waals surface area contributed by atoms with Crippen molar-refractivity contribution < 1.29 is 9.84 Å². The van der Waals surface area contributed by atoms with E-state index in [1.807, 2.05) is 19.2 Å². The van der Waals surface area contributed by atoms with Crippen molar-refractivity contribution in [3.63, 3.8) is 0 Å². The van der Waals surface area contributed by atoms with Crippen LogP contribution in [0, 0.1) is 12.8 Å². The largest absolute Gasteiger partial charge is 0.388 e. The van der Waals surface area contributed by atoms with E-state index >= 15 is 0 Å². The molecule has 1 aliphatic heterocycles. The number of rotatable bonds is 3. The maximum Gasteiger partial charge on any atom is 0.0807 e. The number of pyridine rings is 1. The van der Waals surface area contributed by atoms with E-state index in [4.69, 9.17) is 4.74 Å². The summed E-state index contributed by atoms with van der Waals surface area (Å²) < 4.78 is 5.31. The zero-order chi connectivity index (χ0) is 11.4. The van der Waals surface area contributed by atoms with Crippen LogP contribution >= 0.6 is 0 Å². The third-order valence-electron chi connectivity index (χ3n) is 3.18. The van der Waals surface area contributed by atoms with Crippen molar-refractivity contribution in [3.05, 3.63) is 29.6 Å². The fourth-order valence-electron chi connectivity index (χ4n) is 2.19. The van der Waals surface area contributed by atoms with Crippen molar-refractivity contribution in [2.75, 3.05) is 13.2 Å².